The number of amides is 1. The van der Waals surface area contributed by atoms with E-state index >= 15 is 0 Å². The summed E-state index contributed by atoms with van der Waals surface area (Å²) in [6, 6.07) is 3.58. The van der Waals surface area contributed by atoms with Gasteiger partial charge in [0.1, 0.15) is 5.82 Å². The molecule has 1 saturated heterocycles. The molecule has 0 atom stereocenters. The van der Waals surface area contributed by atoms with Crippen LogP contribution in [0.1, 0.15) is 0 Å². The molecule has 1 aliphatic rings. The number of aromatic nitrogens is 1. The zero-order valence-corrected chi connectivity index (χ0v) is 12.9. The maximum absolute atomic E-state index is 11.9. The standard InChI is InChI=1S/C13H16ClN3O3S/c14-10-2-1-3-15-13(10)17-6-4-16(5-7-17)11(18)8-21-9-12(19)20/h1-3H,4-9H2,(H,19,20). The summed E-state index contributed by atoms with van der Waals surface area (Å²) in [5.41, 5.74) is 0. The first-order valence-electron chi connectivity index (χ1n) is 6.50. The minimum atomic E-state index is -0.901. The van der Waals surface area contributed by atoms with Crippen LogP contribution in [0.5, 0.6) is 0 Å². The largest absolute Gasteiger partial charge is 0.481 e. The van der Waals surface area contributed by atoms with Gasteiger partial charge in [0.2, 0.25) is 5.91 Å². The number of hydrogen-bond donors (Lipinski definition) is 1. The summed E-state index contributed by atoms with van der Waals surface area (Å²) in [6.07, 6.45) is 1.70. The smallest absolute Gasteiger partial charge is 0.313 e. The molecule has 0 aliphatic carbocycles. The number of carbonyl (C=O) groups excluding carboxylic acids is 1. The zero-order valence-electron chi connectivity index (χ0n) is 11.4. The predicted molar refractivity (Wildman–Crippen MR) is 83.0 cm³/mol. The monoisotopic (exact) mass is 329 g/mol. The van der Waals surface area contributed by atoms with E-state index in [1.165, 1.54) is 0 Å². The highest BCUT2D eigenvalue weighted by Crippen LogP contribution is 2.23. The second-order valence-electron chi connectivity index (χ2n) is 4.56. The van der Waals surface area contributed by atoms with Gasteiger partial charge in [-0.3, -0.25) is 9.59 Å². The van der Waals surface area contributed by atoms with Crippen LogP contribution in [0.25, 0.3) is 0 Å². The number of aliphatic carboxylic acids is 1. The van der Waals surface area contributed by atoms with Gasteiger partial charge in [-0.1, -0.05) is 11.6 Å². The molecule has 1 N–H and O–H groups in total. The Balaban J connectivity index is 1.82. The molecule has 1 fully saturated rings. The highest BCUT2D eigenvalue weighted by atomic mass is 35.5. The van der Waals surface area contributed by atoms with Crippen molar-refractivity contribution in [3.63, 3.8) is 0 Å². The first kappa shape index (κ1) is 15.9. The number of thioether (sulfide) groups is 1. The maximum atomic E-state index is 11.9. The molecule has 1 aliphatic heterocycles. The van der Waals surface area contributed by atoms with Crippen LogP contribution >= 0.6 is 23.4 Å². The van der Waals surface area contributed by atoms with Crippen molar-refractivity contribution < 1.29 is 14.7 Å². The first-order chi connectivity index (χ1) is 10.1. The average Bonchev–Trinajstić information content (AvgIpc) is 2.47. The van der Waals surface area contributed by atoms with Crippen molar-refractivity contribution in [2.75, 3.05) is 42.6 Å². The normalized spacial score (nSPS) is 15.1. The molecule has 1 amide bonds. The number of carboxylic acid groups (broad SMARTS) is 1. The molecule has 0 saturated carbocycles. The van der Waals surface area contributed by atoms with Gasteiger partial charge in [-0.25, -0.2) is 4.98 Å². The fraction of sp³-hybridized carbons (Fsp3) is 0.462. The molecule has 114 valence electrons. The van der Waals surface area contributed by atoms with Gasteiger partial charge < -0.3 is 14.9 Å². The van der Waals surface area contributed by atoms with Crippen LogP contribution in [0, 0.1) is 0 Å². The lowest BCUT2D eigenvalue weighted by atomic mass is 10.3. The number of carbonyl (C=O) groups is 2. The topological polar surface area (TPSA) is 73.7 Å². The Bertz CT molecular complexity index is 521. The summed E-state index contributed by atoms with van der Waals surface area (Å²) in [7, 11) is 0. The van der Waals surface area contributed by atoms with Crippen molar-refractivity contribution in [1.29, 1.82) is 0 Å². The molecule has 0 aromatic carbocycles. The number of anilines is 1. The third-order valence-electron chi connectivity index (χ3n) is 3.12. The molecule has 2 heterocycles. The molecule has 0 bridgehead atoms. The molecule has 1 aromatic heterocycles. The van der Waals surface area contributed by atoms with Crippen LogP contribution < -0.4 is 4.90 Å². The van der Waals surface area contributed by atoms with Crippen LogP contribution in [0.2, 0.25) is 5.02 Å². The van der Waals surface area contributed by atoms with Crippen molar-refractivity contribution in [2.24, 2.45) is 0 Å². The molecule has 0 unspecified atom stereocenters. The summed E-state index contributed by atoms with van der Waals surface area (Å²) in [5.74, 6) is -0.0201. The Morgan fingerprint density at radius 1 is 1.29 bits per heavy atom. The van der Waals surface area contributed by atoms with Crippen molar-refractivity contribution in [3.8, 4) is 0 Å². The molecule has 0 radical (unpaired) electrons. The summed E-state index contributed by atoms with van der Waals surface area (Å²) in [6.45, 7) is 2.54. The van der Waals surface area contributed by atoms with Crippen molar-refractivity contribution in [3.05, 3.63) is 23.4 Å². The van der Waals surface area contributed by atoms with Gasteiger partial charge in [0.25, 0.3) is 0 Å². The van der Waals surface area contributed by atoms with E-state index in [0.29, 0.717) is 31.2 Å². The Kier molecular flexibility index (Phi) is 5.69. The van der Waals surface area contributed by atoms with Gasteiger partial charge in [-0.05, 0) is 12.1 Å². The summed E-state index contributed by atoms with van der Waals surface area (Å²) < 4.78 is 0. The van der Waals surface area contributed by atoms with Crippen molar-refractivity contribution >= 4 is 41.1 Å². The van der Waals surface area contributed by atoms with Crippen LogP contribution in [0.15, 0.2) is 18.3 Å². The fourth-order valence-corrected chi connectivity index (χ4v) is 2.97. The van der Waals surface area contributed by atoms with Crippen molar-refractivity contribution in [2.45, 2.75) is 0 Å². The van der Waals surface area contributed by atoms with Crippen LogP contribution in [-0.4, -0.2) is 64.6 Å². The number of rotatable bonds is 5. The lowest BCUT2D eigenvalue weighted by Crippen LogP contribution is -2.49. The molecule has 8 heteroatoms. The van der Waals surface area contributed by atoms with Gasteiger partial charge in [-0.15, -0.1) is 11.8 Å². The quantitative estimate of drug-likeness (QED) is 0.875. The van der Waals surface area contributed by atoms with E-state index in [1.54, 1.807) is 23.2 Å². The average molecular weight is 330 g/mol. The van der Waals surface area contributed by atoms with Gasteiger partial charge >= 0.3 is 5.97 Å². The Morgan fingerprint density at radius 2 is 2.00 bits per heavy atom. The van der Waals surface area contributed by atoms with Crippen LogP contribution in [0.4, 0.5) is 5.82 Å². The number of carboxylic acids is 1. The maximum Gasteiger partial charge on any atom is 0.313 e. The molecule has 2 rings (SSSR count). The third-order valence-corrected chi connectivity index (χ3v) is 4.32. The van der Waals surface area contributed by atoms with E-state index in [0.717, 1.165) is 17.6 Å². The fourth-order valence-electron chi connectivity index (χ4n) is 2.09. The summed E-state index contributed by atoms with van der Waals surface area (Å²) >= 11 is 7.24. The minimum Gasteiger partial charge on any atom is -0.481 e. The number of hydrogen-bond acceptors (Lipinski definition) is 5. The van der Waals surface area contributed by atoms with Crippen LogP contribution in [0.3, 0.4) is 0 Å². The third kappa shape index (κ3) is 4.50. The van der Waals surface area contributed by atoms with Gasteiger partial charge in [0, 0.05) is 32.4 Å². The van der Waals surface area contributed by atoms with Gasteiger partial charge in [0.15, 0.2) is 0 Å². The Morgan fingerprint density at radius 3 is 2.62 bits per heavy atom. The minimum absolute atomic E-state index is 0.0204. The molecule has 0 spiro atoms. The number of pyridine rings is 1. The number of halogens is 1. The van der Waals surface area contributed by atoms with E-state index in [4.69, 9.17) is 16.7 Å². The van der Waals surface area contributed by atoms with E-state index in [2.05, 4.69) is 9.88 Å². The highest BCUT2D eigenvalue weighted by molar-refractivity contribution is 8.00. The Hall–Kier alpha value is -1.47. The van der Waals surface area contributed by atoms with Gasteiger partial charge in [-0.2, -0.15) is 0 Å². The molecular weight excluding hydrogens is 314 g/mol. The van der Waals surface area contributed by atoms with E-state index < -0.39 is 5.97 Å². The summed E-state index contributed by atoms with van der Waals surface area (Å²) in [4.78, 5) is 30.4. The van der Waals surface area contributed by atoms with Crippen LogP contribution in [-0.2, 0) is 9.59 Å². The Labute approximate surface area is 132 Å². The molecule has 6 nitrogen and oxygen atoms in total. The van der Waals surface area contributed by atoms with E-state index in [9.17, 15) is 9.59 Å². The molecule has 1 aromatic rings. The number of nitrogens with zero attached hydrogens (tertiary/aromatic N) is 3. The predicted octanol–water partition coefficient (Wildman–Crippen LogP) is 1.20. The SMILES string of the molecule is O=C(O)CSCC(=O)N1CCN(c2ncccc2Cl)CC1. The highest BCUT2D eigenvalue weighted by Gasteiger charge is 2.22. The van der Waals surface area contributed by atoms with Gasteiger partial charge in [0.05, 0.1) is 16.5 Å². The van der Waals surface area contributed by atoms with E-state index in [-0.39, 0.29) is 17.4 Å². The molecular formula is C13H16ClN3O3S. The molecule has 21 heavy (non-hydrogen) atoms. The lowest BCUT2D eigenvalue weighted by Gasteiger charge is -2.35. The van der Waals surface area contributed by atoms with E-state index in [1.807, 2.05) is 0 Å². The lowest BCUT2D eigenvalue weighted by molar-refractivity contribution is -0.133. The first-order valence-corrected chi connectivity index (χ1v) is 8.04. The zero-order chi connectivity index (χ0) is 15.2. The number of piperazine rings is 1. The second kappa shape index (κ2) is 7.51. The summed E-state index contributed by atoms with van der Waals surface area (Å²) in [5, 5.41) is 9.16. The van der Waals surface area contributed by atoms with Crippen molar-refractivity contribution in [1.82, 2.24) is 9.88 Å². The second-order valence-corrected chi connectivity index (χ2v) is 5.96.